The third kappa shape index (κ3) is 1.58. The standard InChI is InChI=1S/C8H7NO5/c9-5-2-3(7(11)12)1-4(6(5)10)8(13)14/h1-2,10H,9H2,(H,11,12)(H,13,14). The molecule has 0 fully saturated rings. The van der Waals surface area contributed by atoms with Crippen molar-refractivity contribution in [2.24, 2.45) is 0 Å². The Morgan fingerprint density at radius 2 is 1.71 bits per heavy atom. The van der Waals surface area contributed by atoms with Crippen LogP contribution < -0.4 is 5.73 Å². The van der Waals surface area contributed by atoms with Crippen molar-refractivity contribution in [3.8, 4) is 5.75 Å². The van der Waals surface area contributed by atoms with Crippen LogP contribution in [0.25, 0.3) is 0 Å². The molecule has 0 aliphatic heterocycles. The van der Waals surface area contributed by atoms with Crippen LogP contribution in [0, 0.1) is 0 Å². The highest BCUT2D eigenvalue weighted by Crippen LogP contribution is 2.26. The molecule has 6 heteroatoms. The zero-order valence-electron chi connectivity index (χ0n) is 6.89. The first-order valence-electron chi connectivity index (χ1n) is 3.52. The minimum Gasteiger partial charge on any atom is -0.505 e. The van der Waals surface area contributed by atoms with Gasteiger partial charge < -0.3 is 21.1 Å². The van der Waals surface area contributed by atoms with Gasteiger partial charge in [0.05, 0.1) is 11.3 Å². The molecule has 0 unspecified atom stereocenters. The molecule has 5 N–H and O–H groups in total. The number of anilines is 1. The summed E-state index contributed by atoms with van der Waals surface area (Å²) in [6, 6.07) is 1.83. The van der Waals surface area contributed by atoms with Crippen molar-refractivity contribution in [1.29, 1.82) is 0 Å². The average molecular weight is 197 g/mol. The predicted octanol–water partition coefficient (Wildman–Crippen LogP) is 0.371. The normalized spacial score (nSPS) is 9.71. The smallest absolute Gasteiger partial charge is 0.339 e. The van der Waals surface area contributed by atoms with E-state index in [-0.39, 0.29) is 11.3 Å². The Hall–Kier alpha value is -2.24. The van der Waals surface area contributed by atoms with Gasteiger partial charge in [-0.1, -0.05) is 0 Å². The maximum Gasteiger partial charge on any atom is 0.339 e. The summed E-state index contributed by atoms with van der Waals surface area (Å²) in [6.07, 6.45) is 0. The zero-order valence-corrected chi connectivity index (χ0v) is 6.89. The molecule has 0 heterocycles. The largest absolute Gasteiger partial charge is 0.505 e. The summed E-state index contributed by atoms with van der Waals surface area (Å²) >= 11 is 0. The summed E-state index contributed by atoms with van der Waals surface area (Å²) in [6.45, 7) is 0. The van der Waals surface area contributed by atoms with E-state index in [0.29, 0.717) is 0 Å². The Morgan fingerprint density at radius 1 is 1.14 bits per heavy atom. The first kappa shape index (κ1) is 9.85. The van der Waals surface area contributed by atoms with Crippen molar-refractivity contribution < 1.29 is 24.9 Å². The van der Waals surface area contributed by atoms with Crippen molar-refractivity contribution in [2.45, 2.75) is 0 Å². The summed E-state index contributed by atoms with van der Waals surface area (Å²) in [5.41, 5.74) is 4.14. The number of carboxylic acids is 2. The van der Waals surface area contributed by atoms with Crippen LogP contribution in [0.2, 0.25) is 0 Å². The highest BCUT2D eigenvalue weighted by Gasteiger charge is 2.16. The summed E-state index contributed by atoms with van der Waals surface area (Å²) in [5, 5.41) is 26.3. The average Bonchev–Trinajstić information content (AvgIpc) is 2.08. The Labute approximate surface area is 78.2 Å². The number of aromatic hydroxyl groups is 1. The number of rotatable bonds is 2. The van der Waals surface area contributed by atoms with Crippen LogP contribution in [0.1, 0.15) is 20.7 Å². The van der Waals surface area contributed by atoms with E-state index in [1.165, 1.54) is 0 Å². The first-order valence-corrected chi connectivity index (χ1v) is 3.52. The van der Waals surface area contributed by atoms with Gasteiger partial charge >= 0.3 is 11.9 Å². The topological polar surface area (TPSA) is 121 Å². The predicted molar refractivity (Wildman–Crippen MR) is 46.4 cm³/mol. The van der Waals surface area contributed by atoms with Gasteiger partial charge in [-0.2, -0.15) is 0 Å². The number of hydrogen-bond donors (Lipinski definition) is 4. The number of nitrogen functional groups attached to an aromatic ring is 1. The second-order valence-electron chi connectivity index (χ2n) is 2.57. The molecule has 0 saturated carbocycles. The van der Waals surface area contributed by atoms with E-state index >= 15 is 0 Å². The van der Waals surface area contributed by atoms with Crippen LogP contribution in [0.5, 0.6) is 5.75 Å². The number of hydrogen-bond acceptors (Lipinski definition) is 4. The molecule has 0 atom stereocenters. The van der Waals surface area contributed by atoms with E-state index in [1.54, 1.807) is 0 Å². The molecule has 0 amide bonds. The molecule has 6 nitrogen and oxygen atoms in total. The molecule has 0 radical (unpaired) electrons. The lowest BCUT2D eigenvalue weighted by atomic mass is 10.1. The SMILES string of the molecule is Nc1cc(C(=O)O)cc(C(=O)O)c1O. The number of carboxylic acid groups (broad SMARTS) is 2. The minimum absolute atomic E-state index is 0.276. The number of benzene rings is 1. The van der Waals surface area contributed by atoms with Crippen molar-refractivity contribution >= 4 is 17.6 Å². The van der Waals surface area contributed by atoms with Crippen LogP contribution in [0.4, 0.5) is 5.69 Å². The fourth-order valence-corrected chi connectivity index (χ4v) is 0.943. The van der Waals surface area contributed by atoms with Crippen LogP contribution in [0.15, 0.2) is 12.1 Å². The zero-order chi connectivity index (χ0) is 10.9. The molecule has 74 valence electrons. The Balaban J connectivity index is 3.43. The van der Waals surface area contributed by atoms with Gasteiger partial charge in [0, 0.05) is 0 Å². The second kappa shape index (κ2) is 3.25. The molecule has 1 aromatic rings. The number of phenols is 1. The van der Waals surface area contributed by atoms with Crippen molar-refractivity contribution in [1.82, 2.24) is 0 Å². The van der Waals surface area contributed by atoms with Gasteiger partial charge in [-0.3, -0.25) is 0 Å². The van der Waals surface area contributed by atoms with Gasteiger partial charge in [0.1, 0.15) is 5.56 Å². The van der Waals surface area contributed by atoms with Crippen molar-refractivity contribution in [3.05, 3.63) is 23.3 Å². The van der Waals surface area contributed by atoms with Crippen LogP contribution in [-0.2, 0) is 0 Å². The lowest BCUT2D eigenvalue weighted by molar-refractivity contribution is 0.0693. The Bertz CT molecular complexity index is 412. The molecular weight excluding hydrogens is 190 g/mol. The molecule has 14 heavy (non-hydrogen) atoms. The maximum atomic E-state index is 10.5. The highest BCUT2D eigenvalue weighted by molar-refractivity contribution is 5.98. The number of aromatic carboxylic acids is 2. The number of nitrogens with two attached hydrogens (primary N) is 1. The molecule has 0 bridgehead atoms. The summed E-state index contributed by atoms with van der Waals surface area (Å²) in [5.74, 6) is -3.36. The van der Waals surface area contributed by atoms with E-state index in [9.17, 15) is 14.7 Å². The number of carbonyl (C=O) groups is 2. The van der Waals surface area contributed by atoms with E-state index < -0.39 is 23.3 Å². The van der Waals surface area contributed by atoms with Gasteiger partial charge in [0.15, 0.2) is 5.75 Å². The monoisotopic (exact) mass is 197 g/mol. The van der Waals surface area contributed by atoms with E-state index in [4.69, 9.17) is 15.9 Å². The molecule has 0 aromatic heterocycles. The maximum absolute atomic E-state index is 10.5. The fourth-order valence-electron chi connectivity index (χ4n) is 0.943. The first-order chi connectivity index (χ1) is 6.43. The van der Waals surface area contributed by atoms with E-state index in [0.717, 1.165) is 12.1 Å². The lowest BCUT2D eigenvalue weighted by Crippen LogP contribution is -2.04. The third-order valence-electron chi connectivity index (χ3n) is 1.62. The van der Waals surface area contributed by atoms with Crippen LogP contribution >= 0.6 is 0 Å². The van der Waals surface area contributed by atoms with E-state index in [2.05, 4.69) is 0 Å². The van der Waals surface area contributed by atoms with Crippen LogP contribution in [-0.4, -0.2) is 27.3 Å². The summed E-state index contributed by atoms with van der Waals surface area (Å²) < 4.78 is 0. The minimum atomic E-state index is -1.43. The molecule has 1 aromatic carbocycles. The lowest BCUT2D eigenvalue weighted by Gasteiger charge is -2.04. The summed E-state index contributed by atoms with van der Waals surface area (Å²) in [4.78, 5) is 21.0. The third-order valence-corrected chi connectivity index (χ3v) is 1.62. The van der Waals surface area contributed by atoms with Crippen molar-refractivity contribution in [2.75, 3.05) is 5.73 Å². The Kier molecular flexibility index (Phi) is 2.29. The molecular formula is C8H7NO5. The molecule has 0 aliphatic carbocycles. The highest BCUT2D eigenvalue weighted by atomic mass is 16.4. The van der Waals surface area contributed by atoms with Gasteiger partial charge in [0.25, 0.3) is 0 Å². The quantitative estimate of drug-likeness (QED) is 0.401. The molecule has 0 aliphatic rings. The molecule has 0 spiro atoms. The van der Waals surface area contributed by atoms with Gasteiger partial charge in [-0.15, -0.1) is 0 Å². The van der Waals surface area contributed by atoms with Gasteiger partial charge in [0.2, 0.25) is 0 Å². The molecule has 1 rings (SSSR count). The van der Waals surface area contributed by atoms with Crippen molar-refractivity contribution in [3.63, 3.8) is 0 Å². The molecule has 0 saturated heterocycles. The van der Waals surface area contributed by atoms with Crippen LogP contribution in [0.3, 0.4) is 0 Å². The fraction of sp³-hybridized carbons (Fsp3) is 0. The Morgan fingerprint density at radius 3 is 2.14 bits per heavy atom. The van der Waals surface area contributed by atoms with Gasteiger partial charge in [-0.25, -0.2) is 9.59 Å². The second-order valence-corrected chi connectivity index (χ2v) is 2.57. The summed E-state index contributed by atoms with van der Waals surface area (Å²) in [7, 11) is 0. The van der Waals surface area contributed by atoms with E-state index in [1.807, 2.05) is 0 Å². The van der Waals surface area contributed by atoms with Gasteiger partial charge in [-0.05, 0) is 12.1 Å².